The average molecular weight is 243 g/mol. The smallest absolute Gasteiger partial charge is 0.0741 e. The Bertz CT molecular complexity index is 206. The highest BCUT2D eigenvalue weighted by atomic mass is 16.5. The molecule has 0 spiro atoms. The zero-order valence-electron chi connectivity index (χ0n) is 11.5. The van der Waals surface area contributed by atoms with Crippen molar-refractivity contribution in [2.75, 3.05) is 13.2 Å². The van der Waals surface area contributed by atoms with E-state index >= 15 is 0 Å². The molecule has 3 unspecified atom stereocenters. The first kappa shape index (κ1) is 14.9. The van der Waals surface area contributed by atoms with Crippen LogP contribution in [0.25, 0.3) is 0 Å². The summed E-state index contributed by atoms with van der Waals surface area (Å²) in [4.78, 5) is 0. The first-order valence-electron chi connectivity index (χ1n) is 7.09. The van der Waals surface area contributed by atoms with Crippen LogP contribution in [-0.2, 0) is 4.74 Å². The second kappa shape index (κ2) is 7.34. The summed E-state index contributed by atoms with van der Waals surface area (Å²) in [5.74, 6) is 0.718. The minimum absolute atomic E-state index is 0.341. The number of nitrogens with two attached hydrogens (primary N) is 1. The lowest BCUT2D eigenvalue weighted by atomic mass is 9.88. The Balaban J connectivity index is 2.04. The Kier molecular flexibility index (Phi) is 6.45. The van der Waals surface area contributed by atoms with Gasteiger partial charge in [0, 0.05) is 13.2 Å². The fraction of sp³-hybridized carbons (Fsp3) is 1.00. The molecule has 3 N–H and O–H groups in total. The van der Waals surface area contributed by atoms with Gasteiger partial charge >= 0.3 is 0 Å². The topological polar surface area (TPSA) is 55.5 Å². The van der Waals surface area contributed by atoms with Crippen molar-refractivity contribution in [1.29, 1.82) is 0 Å². The molecule has 0 saturated heterocycles. The zero-order chi connectivity index (χ0) is 12.7. The molecule has 1 saturated carbocycles. The van der Waals surface area contributed by atoms with Gasteiger partial charge in [-0.3, -0.25) is 0 Å². The fourth-order valence-corrected chi connectivity index (χ4v) is 2.47. The molecule has 1 fully saturated rings. The van der Waals surface area contributed by atoms with E-state index in [0.29, 0.717) is 12.6 Å². The predicted molar refractivity (Wildman–Crippen MR) is 70.9 cm³/mol. The van der Waals surface area contributed by atoms with Gasteiger partial charge in [-0.1, -0.05) is 19.8 Å². The van der Waals surface area contributed by atoms with Crippen molar-refractivity contribution in [2.24, 2.45) is 11.7 Å². The molecule has 0 heterocycles. The quantitative estimate of drug-likeness (QED) is 0.675. The van der Waals surface area contributed by atoms with E-state index in [1.54, 1.807) is 6.92 Å². The van der Waals surface area contributed by atoms with Crippen LogP contribution >= 0.6 is 0 Å². The maximum absolute atomic E-state index is 9.75. The highest BCUT2D eigenvalue weighted by Crippen LogP contribution is 2.26. The predicted octanol–water partition coefficient (Wildman–Crippen LogP) is 2.46. The van der Waals surface area contributed by atoms with E-state index in [0.717, 1.165) is 31.8 Å². The van der Waals surface area contributed by atoms with Gasteiger partial charge in [0.1, 0.15) is 0 Å². The first-order valence-corrected chi connectivity index (χ1v) is 7.09. The second-order valence-corrected chi connectivity index (χ2v) is 5.83. The summed E-state index contributed by atoms with van der Waals surface area (Å²) < 4.78 is 5.93. The van der Waals surface area contributed by atoms with E-state index < -0.39 is 5.60 Å². The molecule has 0 amide bonds. The molecule has 0 aromatic heterocycles. The van der Waals surface area contributed by atoms with Crippen molar-refractivity contribution >= 4 is 0 Å². The van der Waals surface area contributed by atoms with Crippen molar-refractivity contribution in [3.05, 3.63) is 0 Å². The van der Waals surface area contributed by atoms with Crippen LogP contribution in [-0.4, -0.2) is 30.0 Å². The molecule has 1 aliphatic carbocycles. The van der Waals surface area contributed by atoms with Crippen LogP contribution in [0.15, 0.2) is 0 Å². The monoisotopic (exact) mass is 243 g/mol. The van der Waals surface area contributed by atoms with Gasteiger partial charge in [-0.2, -0.15) is 0 Å². The SMILES string of the molecule is CC1CCCCC1OCCCCC(C)(O)CN. The van der Waals surface area contributed by atoms with Crippen LogP contribution in [0.4, 0.5) is 0 Å². The Morgan fingerprint density at radius 2 is 2.00 bits per heavy atom. The molecule has 1 rings (SSSR count). The van der Waals surface area contributed by atoms with E-state index in [4.69, 9.17) is 10.5 Å². The highest BCUT2D eigenvalue weighted by molar-refractivity contribution is 4.74. The Morgan fingerprint density at radius 1 is 1.29 bits per heavy atom. The summed E-state index contributed by atoms with van der Waals surface area (Å²) in [5.41, 5.74) is 4.78. The molecule has 0 aromatic carbocycles. The number of hydrogen-bond acceptors (Lipinski definition) is 3. The lowest BCUT2D eigenvalue weighted by Crippen LogP contribution is -2.34. The molecule has 1 aliphatic rings. The second-order valence-electron chi connectivity index (χ2n) is 5.83. The molecule has 0 bridgehead atoms. The minimum Gasteiger partial charge on any atom is -0.389 e. The Hall–Kier alpha value is -0.120. The van der Waals surface area contributed by atoms with Crippen LogP contribution in [0.5, 0.6) is 0 Å². The first-order chi connectivity index (χ1) is 8.05. The van der Waals surface area contributed by atoms with Crippen molar-refractivity contribution in [1.82, 2.24) is 0 Å². The summed E-state index contributed by atoms with van der Waals surface area (Å²) in [7, 11) is 0. The fourth-order valence-electron chi connectivity index (χ4n) is 2.47. The lowest BCUT2D eigenvalue weighted by molar-refractivity contribution is -0.00942. The van der Waals surface area contributed by atoms with Crippen LogP contribution < -0.4 is 5.73 Å². The van der Waals surface area contributed by atoms with Crippen LogP contribution in [0, 0.1) is 5.92 Å². The number of unbranched alkanes of at least 4 members (excludes halogenated alkanes) is 1. The largest absolute Gasteiger partial charge is 0.389 e. The molecule has 17 heavy (non-hydrogen) atoms. The van der Waals surface area contributed by atoms with Gasteiger partial charge in [-0.05, 0) is 44.9 Å². The van der Waals surface area contributed by atoms with Gasteiger partial charge in [-0.25, -0.2) is 0 Å². The van der Waals surface area contributed by atoms with Gasteiger partial charge in [0.05, 0.1) is 11.7 Å². The Labute approximate surface area is 106 Å². The summed E-state index contributed by atoms with van der Waals surface area (Å²) in [5, 5.41) is 9.75. The maximum Gasteiger partial charge on any atom is 0.0741 e. The van der Waals surface area contributed by atoms with Gasteiger partial charge < -0.3 is 15.6 Å². The van der Waals surface area contributed by atoms with Gasteiger partial charge in [0.2, 0.25) is 0 Å². The van der Waals surface area contributed by atoms with Crippen LogP contribution in [0.1, 0.15) is 58.8 Å². The Morgan fingerprint density at radius 3 is 2.65 bits per heavy atom. The standard InChI is InChI=1S/C14H29NO2/c1-12-7-3-4-8-13(12)17-10-6-5-9-14(2,16)11-15/h12-13,16H,3-11,15H2,1-2H3. The molecular formula is C14H29NO2. The molecule has 0 aromatic rings. The normalized spacial score (nSPS) is 28.9. The van der Waals surface area contributed by atoms with E-state index in [9.17, 15) is 5.11 Å². The van der Waals surface area contributed by atoms with Gasteiger partial charge in [0.15, 0.2) is 0 Å². The zero-order valence-corrected chi connectivity index (χ0v) is 11.5. The van der Waals surface area contributed by atoms with Crippen molar-refractivity contribution in [3.8, 4) is 0 Å². The van der Waals surface area contributed by atoms with Crippen molar-refractivity contribution < 1.29 is 9.84 Å². The van der Waals surface area contributed by atoms with E-state index in [2.05, 4.69) is 6.92 Å². The summed E-state index contributed by atoms with van der Waals surface area (Å²) in [6, 6.07) is 0. The molecule has 0 aliphatic heterocycles. The van der Waals surface area contributed by atoms with E-state index in [1.807, 2.05) is 0 Å². The third-order valence-electron chi connectivity index (χ3n) is 3.91. The lowest BCUT2D eigenvalue weighted by Gasteiger charge is -2.29. The number of hydrogen-bond donors (Lipinski definition) is 2. The third-order valence-corrected chi connectivity index (χ3v) is 3.91. The van der Waals surface area contributed by atoms with Gasteiger partial charge in [0.25, 0.3) is 0 Å². The minimum atomic E-state index is -0.696. The molecule has 3 heteroatoms. The van der Waals surface area contributed by atoms with Gasteiger partial charge in [-0.15, -0.1) is 0 Å². The molecule has 0 radical (unpaired) electrons. The van der Waals surface area contributed by atoms with Crippen LogP contribution in [0.3, 0.4) is 0 Å². The van der Waals surface area contributed by atoms with Crippen molar-refractivity contribution in [2.45, 2.75) is 70.5 Å². The summed E-state index contributed by atoms with van der Waals surface area (Å²) >= 11 is 0. The molecule has 102 valence electrons. The molecule has 3 atom stereocenters. The molecule has 3 nitrogen and oxygen atoms in total. The van der Waals surface area contributed by atoms with E-state index in [-0.39, 0.29) is 0 Å². The highest BCUT2D eigenvalue weighted by Gasteiger charge is 2.21. The van der Waals surface area contributed by atoms with Crippen LogP contribution in [0.2, 0.25) is 0 Å². The summed E-state index contributed by atoms with van der Waals surface area (Å²) in [6.45, 7) is 5.27. The maximum atomic E-state index is 9.75. The summed E-state index contributed by atoms with van der Waals surface area (Å²) in [6.07, 6.45) is 8.47. The molecular weight excluding hydrogens is 214 g/mol. The number of ether oxygens (including phenoxy) is 1. The number of rotatable bonds is 7. The third kappa shape index (κ3) is 5.84. The average Bonchev–Trinajstić information content (AvgIpc) is 2.31. The van der Waals surface area contributed by atoms with E-state index in [1.165, 1.54) is 25.7 Å². The van der Waals surface area contributed by atoms with Crippen molar-refractivity contribution in [3.63, 3.8) is 0 Å². The number of aliphatic hydroxyl groups is 1.